The lowest BCUT2D eigenvalue weighted by Gasteiger charge is -2.29. The first kappa shape index (κ1) is 17.8. The minimum absolute atomic E-state index is 0.114. The molecule has 23 heavy (non-hydrogen) atoms. The van der Waals surface area contributed by atoms with E-state index in [0.717, 1.165) is 12.0 Å². The molecule has 1 unspecified atom stereocenters. The fourth-order valence-electron chi connectivity index (χ4n) is 2.55. The molecule has 0 radical (unpaired) electrons. The summed E-state index contributed by atoms with van der Waals surface area (Å²) in [5.41, 5.74) is 0.463. The molecule has 0 N–H and O–H groups in total. The van der Waals surface area contributed by atoms with Crippen LogP contribution in [-0.4, -0.2) is 39.0 Å². The SMILES string of the molecule is CC(C)(C)OC(=O)N1CCCC1C(=O)N(Br)Cc1ccccc1. The molecule has 1 aliphatic rings. The fraction of sp³-hybridized carbons (Fsp3) is 0.529. The fourth-order valence-corrected chi connectivity index (χ4v) is 3.07. The number of ether oxygens (including phenoxy) is 1. The lowest BCUT2D eigenvalue weighted by Crippen LogP contribution is -2.46. The molecule has 1 saturated heterocycles. The number of carbonyl (C=O) groups excluding carboxylic acids is 2. The Kier molecular flexibility index (Phi) is 5.68. The van der Waals surface area contributed by atoms with Crippen molar-refractivity contribution in [3.05, 3.63) is 35.9 Å². The maximum Gasteiger partial charge on any atom is 0.410 e. The molecule has 0 bridgehead atoms. The predicted molar refractivity (Wildman–Crippen MR) is 91.9 cm³/mol. The van der Waals surface area contributed by atoms with Crippen LogP contribution in [0.2, 0.25) is 0 Å². The van der Waals surface area contributed by atoms with Gasteiger partial charge in [0.2, 0.25) is 0 Å². The molecule has 5 nitrogen and oxygen atoms in total. The Morgan fingerprint density at radius 2 is 1.96 bits per heavy atom. The molecule has 0 spiro atoms. The van der Waals surface area contributed by atoms with Gasteiger partial charge < -0.3 is 4.74 Å². The maximum atomic E-state index is 12.7. The van der Waals surface area contributed by atoms with Gasteiger partial charge in [0.25, 0.3) is 5.91 Å². The first-order chi connectivity index (χ1) is 10.8. The second-order valence-electron chi connectivity index (χ2n) is 6.68. The highest BCUT2D eigenvalue weighted by molar-refractivity contribution is 9.07. The van der Waals surface area contributed by atoms with E-state index in [-0.39, 0.29) is 5.91 Å². The van der Waals surface area contributed by atoms with E-state index in [0.29, 0.717) is 19.5 Å². The molecule has 1 aromatic rings. The van der Waals surface area contributed by atoms with Crippen molar-refractivity contribution in [2.24, 2.45) is 0 Å². The minimum Gasteiger partial charge on any atom is -0.444 e. The van der Waals surface area contributed by atoms with E-state index in [4.69, 9.17) is 4.74 Å². The van der Waals surface area contributed by atoms with Crippen molar-refractivity contribution in [3.8, 4) is 0 Å². The molecular formula is C17H23BrN2O3. The first-order valence-corrected chi connectivity index (χ1v) is 8.49. The van der Waals surface area contributed by atoms with Gasteiger partial charge in [0, 0.05) is 6.54 Å². The molecule has 126 valence electrons. The zero-order valence-electron chi connectivity index (χ0n) is 13.8. The Labute approximate surface area is 145 Å². The Bertz CT molecular complexity index is 557. The van der Waals surface area contributed by atoms with Gasteiger partial charge in [-0.15, -0.1) is 0 Å². The number of amides is 2. The van der Waals surface area contributed by atoms with Gasteiger partial charge >= 0.3 is 6.09 Å². The number of nitrogens with zero attached hydrogens (tertiary/aromatic N) is 2. The smallest absolute Gasteiger partial charge is 0.410 e. The minimum atomic E-state index is -0.564. The monoisotopic (exact) mass is 382 g/mol. The highest BCUT2D eigenvalue weighted by atomic mass is 79.9. The van der Waals surface area contributed by atoms with Crippen LogP contribution in [0.1, 0.15) is 39.2 Å². The number of carbonyl (C=O) groups is 2. The van der Waals surface area contributed by atoms with Gasteiger partial charge in [-0.25, -0.2) is 4.79 Å². The summed E-state index contributed by atoms with van der Waals surface area (Å²) in [5, 5.41) is 0. The Balaban J connectivity index is 2.01. The molecule has 0 aromatic heterocycles. The predicted octanol–water partition coefficient (Wildman–Crippen LogP) is 3.72. The molecule has 1 aliphatic heterocycles. The summed E-state index contributed by atoms with van der Waals surface area (Å²) >= 11 is 3.33. The highest BCUT2D eigenvalue weighted by Gasteiger charge is 2.38. The first-order valence-electron chi connectivity index (χ1n) is 7.78. The number of benzene rings is 1. The number of halogens is 1. The van der Waals surface area contributed by atoms with E-state index in [9.17, 15) is 9.59 Å². The summed E-state index contributed by atoms with van der Waals surface area (Å²) in [6.45, 7) is 6.48. The molecule has 1 atom stereocenters. The maximum absolute atomic E-state index is 12.7. The third-order valence-electron chi connectivity index (χ3n) is 3.57. The largest absolute Gasteiger partial charge is 0.444 e. The molecule has 2 amide bonds. The third kappa shape index (κ3) is 4.96. The normalized spacial score (nSPS) is 17.9. The number of rotatable bonds is 3. The molecule has 1 aromatic carbocycles. The van der Waals surface area contributed by atoms with Crippen LogP contribution >= 0.6 is 16.1 Å². The Morgan fingerprint density at radius 3 is 2.57 bits per heavy atom. The second-order valence-corrected chi connectivity index (χ2v) is 7.53. The highest BCUT2D eigenvalue weighted by Crippen LogP contribution is 2.24. The van der Waals surface area contributed by atoms with Crippen LogP contribution in [0.15, 0.2) is 30.3 Å². The summed E-state index contributed by atoms with van der Waals surface area (Å²) in [6.07, 6.45) is 1.05. The van der Waals surface area contributed by atoms with Crippen molar-refractivity contribution >= 4 is 28.1 Å². The van der Waals surface area contributed by atoms with E-state index in [2.05, 4.69) is 16.1 Å². The molecule has 0 saturated carbocycles. The van der Waals surface area contributed by atoms with E-state index in [1.54, 1.807) is 0 Å². The number of likely N-dealkylation sites (tertiary alicyclic amines) is 1. The zero-order valence-corrected chi connectivity index (χ0v) is 15.4. The molecule has 1 fully saturated rings. The molecular weight excluding hydrogens is 360 g/mol. The topological polar surface area (TPSA) is 49.9 Å². The van der Waals surface area contributed by atoms with Gasteiger partial charge in [0.1, 0.15) is 11.6 Å². The van der Waals surface area contributed by atoms with E-state index in [1.807, 2.05) is 51.1 Å². The van der Waals surface area contributed by atoms with Crippen molar-refractivity contribution < 1.29 is 14.3 Å². The van der Waals surface area contributed by atoms with Crippen LogP contribution in [-0.2, 0) is 16.1 Å². The van der Waals surface area contributed by atoms with Crippen molar-refractivity contribution in [1.29, 1.82) is 0 Å². The lowest BCUT2D eigenvalue weighted by molar-refractivity contribution is -0.130. The zero-order chi connectivity index (χ0) is 17.0. The summed E-state index contributed by atoms with van der Waals surface area (Å²) in [7, 11) is 0. The number of hydrogen-bond donors (Lipinski definition) is 0. The van der Waals surface area contributed by atoms with Crippen LogP contribution in [0.4, 0.5) is 4.79 Å². The standard InChI is InChI=1S/C17H23BrN2O3/c1-17(2,3)23-16(22)19-11-7-10-14(19)15(21)20(18)12-13-8-5-4-6-9-13/h4-6,8-9,14H,7,10-12H2,1-3H3. The van der Waals surface area contributed by atoms with E-state index < -0.39 is 17.7 Å². The van der Waals surface area contributed by atoms with Crippen LogP contribution in [0.25, 0.3) is 0 Å². The summed E-state index contributed by atoms with van der Waals surface area (Å²) < 4.78 is 6.90. The van der Waals surface area contributed by atoms with Crippen LogP contribution in [0, 0.1) is 0 Å². The third-order valence-corrected chi connectivity index (χ3v) is 4.17. The lowest BCUT2D eigenvalue weighted by atomic mass is 10.2. The van der Waals surface area contributed by atoms with Crippen LogP contribution < -0.4 is 0 Å². The summed E-state index contributed by atoms with van der Waals surface area (Å²) in [4.78, 5) is 26.5. The van der Waals surface area contributed by atoms with Gasteiger partial charge in [-0.2, -0.15) is 0 Å². The van der Waals surface area contributed by atoms with E-state index >= 15 is 0 Å². The molecule has 6 heteroatoms. The summed E-state index contributed by atoms with van der Waals surface area (Å²) in [6, 6.07) is 9.26. The van der Waals surface area contributed by atoms with Crippen LogP contribution in [0.5, 0.6) is 0 Å². The quantitative estimate of drug-likeness (QED) is 0.748. The van der Waals surface area contributed by atoms with Gasteiger partial charge in [0.15, 0.2) is 0 Å². The second kappa shape index (κ2) is 7.34. The molecule has 1 heterocycles. The van der Waals surface area contributed by atoms with E-state index in [1.165, 1.54) is 8.83 Å². The van der Waals surface area contributed by atoms with Crippen molar-refractivity contribution in [2.75, 3.05) is 6.54 Å². The Hall–Kier alpha value is -1.56. The average molecular weight is 383 g/mol. The van der Waals surface area contributed by atoms with Crippen molar-refractivity contribution in [1.82, 2.24) is 8.83 Å². The Morgan fingerprint density at radius 1 is 1.30 bits per heavy atom. The van der Waals surface area contributed by atoms with Gasteiger partial charge in [-0.1, -0.05) is 30.3 Å². The van der Waals surface area contributed by atoms with Crippen molar-refractivity contribution in [3.63, 3.8) is 0 Å². The van der Waals surface area contributed by atoms with Crippen LogP contribution in [0.3, 0.4) is 0 Å². The summed E-state index contributed by atoms with van der Waals surface area (Å²) in [5.74, 6) is -0.114. The van der Waals surface area contributed by atoms with Gasteiger partial charge in [-0.05, 0) is 39.2 Å². The van der Waals surface area contributed by atoms with Gasteiger partial charge in [0.05, 0.1) is 22.7 Å². The number of hydrogen-bond acceptors (Lipinski definition) is 3. The van der Waals surface area contributed by atoms with Crippen molar-refractivity contribution in [2.45, 2.75) is 51.8 Å². The molecule has 0 aliphatic carbocycles. The average Bonchev–Trinajstić information content (AvgIpc) is 2.95. The molecule has 2 rings (SSSR count). The van der Waals surface area contributed by atoms with Gasteiger partial charge in [-0.3, -0.25) is 13.6 Å².